The van der Waals surface area contributed by atoms with Crippen LogP contribution in [0.1, 0.15) is 44.6 Å². The molecule has 0 radical (unpaired) electrons. The van der Waals surface area contributed by atoms with E-state index in [1.165, 1.54) is 6.07 Å². The van der Waals surface area contributed by atoms with Crippen LogP contribution in [-0.4, -0.2) is 26.4 Å². The molecule has 0 N–H and O–H groups in total. The first-order valence-electron chi connectivity index (χ1n) is 8.51. The second-order valence-electron chi connectivity index (χ2n) is 7.70. The van der Waals surface area contributed by atoms with Crippen LogP contribution in [0.25, 0.3) is 11.0 Å². The molecule has 1 aliphatic rings. The fourth-order valence-electron chi connectivity index (χ4n) is 3.27. The van der Waals surface area contributed by atoms with Crippen molar-refractivity contribution >= 4 is 32.7 Å². The van der Waals surface area contributed by atoms with Crippen LogP contribution in [0.4, 0.5) is 8.78 Å². The Morgan fingerprint density at radius 1 is 0.963 bits per heavy atom. The third kappa shape index (κ3) is 2.67. The van der Waals surface area contributed by atoms with Gasteiger partial charge in [-0.1, -0.05) is 35.8 Å². The van der Waals surface area contributed by atoms with Crippen molar-refractivity contribution < 1.29 is 8.78 Å². The second kappa shape index (κ2) is 5.86. The molecule has 27 heavy (non-hydrogen) atoms. The Balaban J connectivity index is 1.97. The number of aliphatic imine (C=N–C) groups is 1. The van der Waals surface area contributed by atoms with Crippen LogP contribution in [0.15, 0.2) is 39.8 Å². The molecule has 4 rings (SSSR count). The van der Waals surface area contributed by atoms with Crippen molar-refractivity contribution in [3.8, 4) is 0 Å². The number of benzene rings is 2. The van der Waals surface area contributed by atoms with E-state index in [-0.39, 0.29) is 16.4 Å². The van der Waals surface area contributed by atoms with E-state index >= 15 is 0 Å². The second-order valence-corrected chi connectivity index (χ2v) is 8.61. The van der Waals surface area contributed by atoms with Gasteiger partial charge in [0.25, 0.3) is 0 Å². The molecule has 3 aromatic rings. The molecule has 0 saturated carbocycles. The molecule has 138 valence electrons. The molecule has 2 aromatic carbocycles. The topological polar surface area (TPSA) is 51.0 Å². The van der Waals surface area contributed by atoms with Crippen molar-refractivity contribution in [3.05, 3.63) is 63.4 Å². The highest BCUT2D eigenvalue weighted by atomic mass is 79.9. The van der Waals surface area contributed by atoms with Gasteiger partial charge in [-0.3, -0.25) is 4.99 Å². The van der Waals surface area contributed by atoms with Gasteiger partial charge in [0.15, 0.2) is 17.2 Å². The summed E-state index contributed by atoms with van der Waals surface area (Å²) in [5, 5.41) is 7.93. The normalized spacial score (nSPS) is 17.5. The van der Waals surface area contributed by atoms with Gasteiger partial charge in [0.1, 0.15) is 5.71 Å². The van der Waals surface area contributed by atoms with Crippen molar-refractivity contribution in [2.45, 2.75) is 38.6 Å². The third-order valence-electron chi connectivity index (χ3n) is 5.56. The summed E-state index contributed by atoms with van der Waals surface area (Å²) in [5.74, 6) is -1.73. The number of aromatic nitrogens is 3. The zero-order valence-electron chi connectivity index (χ0n) is 15.3. The van der Waals surface area contributed by atoms with Crippen LogP contribution in [0.3, 0.4) is 0 Å². The highest BCUT2D eigenvalue weighted by molar-refractivity contribution is 9.10. The quantitative estimate of drug-likeness (QED) is 0.547. The Labute approximate surface area is 163 Å². The summed E-state index contributed by atoms with van der Waals surface area (Å²) in [4.78, 5) is 9.34. The first-order valence-corrected chi connectivity index (χ1v) is 9.30. The number of hydrogen-bond donors (Lipinski definition) is 0. The molecule has 0 aliphatic carbocycles. The Morgan fingerprint density at radius 3 is 2.44 bits per heavy atom. The number of halogens is 3. The average molecular weight is 431 g/mol. The zero-order valence-corrected chi connectivity index (χ0v) is 16.9. The van der Waals surface area contributed by atoms with Gasteiger partial charge in [0, 0.05) is 15.5 Å². The van der Waals surface area contributed by atoms with E-state index in [9.17, 15) is 8.78 Å². The minimum absolute atomic E-state index is 0.189. The molecule has 0 saturated heterocycles. The Bertz CT molecular complexity index is 1120. The smallest absolute Gasteiger partial charge is 0.201 e. The lowest BCUT2D eigenvalue weighted by Gasteiger charge is -2.44. The third-order valence-corrected chi connectivity index (χ3v) is 6.05. The molecule has 0 spiro atoms. The van der Waals surface area contributed by atoms with Gasteiger partial charge in [0.05, 0.1) is 11.1 Å². The summed E-state index contributed by atoms with van der Waals surface area (Å²) < 4.78 is 28.3. The number of hydrogen-bond acceptors (Lipinski definition) is 4. The highest BCUT2D eigenvalue weighted by Crippen LogP contribution is 2.44. The maximum atomic E-state index is 13.9. The molecule has 4 nitrogen and oxygen atoms in total. The van der Waals surface area contributed by atoms with E-state index < -0.39 is 17.2 Å². The fraction of sp³-hybridized carbons (Fsp3) is 0.300. The zero-order chi connectivity index (χ0) is 19.6. The van der Waals surface area contributed by atoms with Crippen LogP contribution in [0.2, 0.25) is 0 Å². The predicted molar refractivity (Wildman–Crippen MR) is 104 cm³/mol. The van der Waals surface area contributed by atoms with Gasteiger partial charge in [0.2, 0.25) is 5.82 Å². The maximum absolute atomic E-state index is 13.9. The summed E-state index contributed by atoms with van der Waals surface area (Å²) in [5.41, 5.74) is 2.01. The predicted octanol–water partition coefficient (Wildman–Crippen LogP) is 4.97. The molecule has 1 aliphatic heterocycles. The molecular weight excluding hydrogens is 414 g/mol. The van der Waals surface area contributed by atoms with Crippen molar-refractivity contribution in [1.29, 1.82) is 0 Å². The van der Waals surface area contributed by atoms with Gasteiger partial charge < -0.3 is 0 Å². The van der Waals surface area contributed by atoms with Crippen molar-refractivity contribution in [2.24, 2.45) is 4.99 Å². The van der Waals surface area contributed by atoms with Crippen LogP contribution in [0.5, 0.6) is 0 Å². The SMILES string of the molecule is CC1(C)N=C(c2nnc3c(F)c(F)ccc3n2)c2ccc(Br)cc2C1(C)C. The van der Waals surface area contributed by atoms with Crippen LogP contribution in [0, 0.1) is 11.6 Å². The molecule has 0 unspecified atom stereocenters. The summed E-state index contributed by atoms with van der Waals surface area (Å²) in [7, 11) is 0. The largest absolute Gasteiger partial charge is 0.274 e. The minimum atomic E-state index is -1.05. The summed E-state index contributed by atoms with van der Waals surface area (Å²) in [6.45, 7) is 8.41. The standard InChI is InChI=1S/C20H17BrF2N4/c1-19(2)12-9-10(21)5-6-11(12)16(25-20(19,3)4)18-24-14-8-7-13(22)15(23)17(14)26-27-18/h5-9H,1-4H3. The molecule has 1 aromatic heterocycles. The molecular formula is C20H17BrF2N4. The lowest BCUT2D eigenvalue weighted by atomic mass is 9.66. The van der Waals surface area contributed by atoms with E-state index in [1.54, 1.807) is 0 Å². The average Bonchev–Trinajstić information content (AvgIpc) is 2.62. The van der Waals surface area contributed by atoms with Crippen molar-refractivity contribution in [2.75, 3.05) is 0 Å². The number of rotatable bonds is 1. The maximum Gasteiger partial charge on any atom is 0.201 e. The van der Waals surface area contributed by atoms with Crippen LogP contribution in [-0.2, 0) is 5.41 Å². The van der Waals surface area contributed by atoms with Crippen molar-refractivity contribution in [1.82, 2.24) is 15.2 Å². The lowest BCUT2D eigenvalue weighted by molar-refractivity contribution is 0.303. The molecule has 0 fully saturated rings. The Kier molecular flexibility index (Phi) is 3.93. The van der Waals surface area contributed by atoms with Crippen LogP contribution >= 0.6 is 15.9 Å². The fourth-order valence-corrected chi connectivity index (χ4v) is 3.63. The van der Waals surface area contributed by atoms with E-state index in [0.717, 1.165) is 21.7 Å². The highest BCUT2D eigenvalue weighted by Gasteiger charge is 2.44. The molecule has 7 heteroatoms. The molecule has 0 amide bonds. The summed E-state index contributed by atoms with van der Waals surface area (Å²) in [6, 6.07) is 8.42. The van der Waals surface area contributed by atoms with Gasteiger partial charge in [-0.15, -0.1) is 10.2 Å². The number of fused-ring (bicyclic) bond motifs is 2. The molecule has 0 bridgehead atoms. The van der Waals surface area contributed by atoms with Gasteiger partial charge in [-0.25, -0.2) is 13.8 Å². The van der Waals surface area contributed by atoms with Crippen molar-refractivity contribution in [3.63, 3.8) is 0 Å². The van der Waals surface area contributed by atoms with Gasteiger partial charge >= 0.3 is 0 Å². The first-order chi connectivity index (χ1) is 12.6. The van der Waals surface area contributed by atoms with E-state index in [0.29, 0.717) is 11.5 Å². The molecule has 2 heterocycles. The van der Waals surface area contributed by atoms with E-state index in [2.05, 4.69) is 64.9 Å². The Hall–Kier alpha value is -2.28. The van der Waals surface area contributed by atoms with Gasteiger partial charge in [-0.05, 0) is 43.7 Å². The van der Waals surface area contributed by atoms with Crippen LogP contribution < -0.4 is 0 Å². The lowest BCUT2D eigenvalue weighted by Crippen LogP contribution is -2.46. The van der Waals surface area contributed by atoms with E-state index in [4.69, 9.17) is 4.99 Å². The minimum Gasteiger partial charge on any atom is -0.274 e. The number of nitrogens with zero attached hydrogens (tertiary/aromatic N) is 4. The van der Waals surface area contributed by atoms with E-state index in [1.807, 2.05) is 12.1 Å². The summed E-state index contributed by atoms with van der Waals surface area (Å²) in [6.07, 6.45) is 0. The Morgan fingerprint density at radius 2 is 1.70 bits per heavy atom. The summed E-state index contributed by atoms with van der Waals surface area (Å²) >= 11 is 3.54. The monoisotopic (exact) mass is 430 g/mol. The molecule has 0 atom stereocenters. The van der Waals surface area contributed by atoms with Gasteiger partial charge in [-0.2, -0.15) is 0 Å². The first kappa shape index (κ1) is 18.1.